The normalized spacial score (nSPS) is 35.1. The Labute approximate surface area is 105 Å². The zero-order valence-corrected chi connectivity index (χ0v) is 11.1. The second-order valence-electron chi connectivity index (χ2n) is 5.92. The number of nitrogens with zero attached hydrogens (tertiary/aromatic N) is 2. The summed E-state index contributed by atoms with van der Waals surface area (Å²) >= 11 is 0. The molecule has 2 heterocycles. The Morgan fingerprint density at radius 1 is 1.41 bits per heavy atom. The van der Waals surface area contributed by atoms with Crippen LogP contribution in [0.2, 0.25) is 0 Å². The molecular weight excluding hydrogens is 212 g/mol. The summed E-state index contributed by atoms with van der Waals surface area (Å²) in [6.45, 7) is 9.73. The van der Waals surface area contributed by atoms with Crippen LogP contribution >= 0.6 is 0 Å². The lowest BCUT2D eigenvalue weighted by Gasteiger charge is -2.38. The second kappa shape index (κ2) is 5.84. The van der Waals surface area contributed by atoms with Crippen molar-refractivity contribution in [2.75, 3.05) is 32.8 Å². The average molecular weight is 236 g/mol. The monoisotopic (exact) mass is 236 g/mol. The number of nitriles is 1. The zero-order chi connectivity index (χ0) is 12.3. The molecule has 0 spiro atoms. The second-order valence-corrected chi connectivity index (χ2v) is 5.92. The number of hydrogen-bond acceptors (Lipinski definition) is 3. The van der Waals surface area contributed by atoms with Crippen molar-refractivity contribution in [3.63, 3.8) is 0 Å². The molecule has 0 amide bonds. The maximum Gasteiger partial charge on any atom is 0.0659 e. The molecular formula is C14H24N2O. The van der Waals surface area contributed by atoms with E-state index < -0.39 is 0 Å². The third-order valence-electron chi connectivity index (χ3n) is 4.30. The Morgan fingerprint density at radius 2 is 2.24 bits per heavy atom. The van der Waals surface area contributed by atoms with Gasteiger partial charge in [-0.05, 0) is 37.1 Å². The van der Waals surface area contributed by atoms with Crippen molar-refractivity contribution in [2.45, 2.75) is 26.7 Å². The summed E-state index contributed by atoms with van der Waals surface area (Å²) in [6.07, 6.45) is 2.26. The number of hydrogen-bond donors (Lipinski definition) is 0. The first-order valence-electron chi connectivity index (χ1n) is 6.90. The Morgan fingerprint density at radius 3 is 2.82 bits per heavy atom. The molecule has 3 unspecified atom stereocenters. The fourth-order valence-corrected chi connectivity index (χ4v) is 3.15. The topological polar surface area (TPSA) is 36.3 Å². The van der Waals surface area contributed by atoms with Crippen LogP contribution < -0.4 is 0 Å². The first-order chi connectivity index (χ1) is 8.20. The molecule has 3 nitrogen and oxygen atoms in total. The van der Waals surface area contributed by atoms with Crippen molar-refractivity contribution in [3.05, 3.63) is 0 Å². The first-order valence-corrected chi connectivity index (χ1v) is 6.90. The molecule has 2 aliphatic rings. The number of ether oxygens (including phenoxy) is 1. The van der Waals surface area contributed by atoms with Crippen molar-refractivity contribution < 1.29 is 4.74 Å². The third-order valence-corrected chi connectivity index (χ3v) is 4.30. The van der Waals surface area contributed by atoms with E-state index in [-0.39, 0.29) is 5.92 Å². The van der Waals surface area contributed by atoms with Crippen LogP contribution in [0.5, 0.6) is 0 Å². The van der Waals surface area contributed by atoms with Crippen LogP contribution in [0.1, 0.15) is 26.7 Å². The molecule has 3 atom stereocenters. The van der Waals surface area contributed by atoms with Gasteiger partial charge in [-0.2, -0.15) is 5.26 Å². The summed E-state index contributed by atoms with van der Waals surface area (Å²) in [5.41, 5.74) is 0. The lowest BCUT2D eigenvalue weighted by Crippen LogP contribution is -2.44. The summed E-state index contributed by atoms with van der Waals surface area (Å²) < 4.78 is 5.44. The van der Waals surface area contributed by atoms with Crippen molar-refractivity contribution >= 4 is 0 Å². The Balaban J connectivity index is 1.87. The molecule has 0 aromatic carbocycles. The molecule has 0 N–H and O–H groups in total. The molecule has 0 aromatic heterocycles. The molecule has 0 bridgehead atoms. The van der Waals surface area contributed by atoms with Gasteiger partial charge in [-0.1, -0.05) is 13.8 Å². The SMILES string of the molecule is CC(C)C1CN(CC2CCOC2)CCC1C#N. The van der Waals surface area contributed by atoms with E-state index >= 15 is 0 Å². The molecule has 0 aromatic rings. The van der Waals surface area contributed by atoms with Crippen molar-refractivity contribution in [1.29, 1.82) is 5.26 Å². The van der Waals surface area contributed by atoms with Crippen LogP contribution in [0, 0.1) is 35.0 Å². The molecule has 2 aliphatic heterocycles. The van der Waals surface area contributed by atoms with Crippen LogP contribution in [-0.4, -0.2) is 37.7 Å². The summed E-state index contributed by atoms with van der Waals surface area (Å²) in [4.78, 5) is 2.55. The maximum atomic E-state index is 9.19. The van der Waals surface area contributed by atoms with Crippen LogP contribution in [-0.2, 0) is 4.74 Å². The lowest BCUT2D eigenvalue weighted by molar-refractivity contribution is 0.0943. The van der Waals surface area contributed by atoms with Crippen molar-refractivity contribution in [1.82, 2.24) is 4.90 Å². The van der Waals surface area contributed by atoms with E-state index in [1.54, 1.807) is 0 Å². The molecule has 3 heteroatoms. The van der Waals surface area contributed by atoms with Gasteiger partial charge in [0.05, 0.1) is 18.6 Å². The highest BCUT2D eigenvalue weighted by molar-refractivity contribution is 4.94. The molecule has 0 radical (unpaired) electrons. The van der Waals surface area contributed by atoms with Gasteiger partial charge in [-0.3, -0.25) is 0 Å². The quantitative estimate of drug-likeness (QED) is 0.753. The average Bonchev–Trinajstić information content (AvgIpc) is 2.81. The smallest absolute Gasteiger partial charge is 0.0659 e. The van der Waals surface area contributed by atoms with Crippen LogP contribution in [0.15, 0.2) is 0 Å². The predicted molar refractivity (Wildman–Crippen MR) is 67.4 cm³/mol. The predicted octanol–water partition coefficient (Wildman–Crippen LogP) is 2.14. The highest BCUT2D eigenvalue weighted by Gasteiger charge is 2.32. The summed E-state index contributed by atoms with van der Waals surface area (Å²) in [6, 6.07) is 2.50. The van der Waals surface area contributed by atoms with Crippen molar-refractivity contribution in [2.24, 2.45) is 23.7 Å². The highest BCUT2D eigenvalue weighted by atomic mass is 16.5. The zero-order valence-electron chi connectivity index (χ0n) is 11.1. The largest absolute Gasteiger partial charge is 0.381 e. The van der Waals surface area contributed by atoms with Gasteiger partial charge in [0, 0.05) is 19.7 Å². The van der Waals surface area contributed by atoms with Gasteiger partial charge in [-0.15, -0.1) is 0 Å². The van der Waals surface area contributed by atoms with E-state index in [4.69, 9.17) is 4.74 Å². The molecule has 17 heavy (non-hydrogen) atoms. The molecule has 0 aliphatic carbocycles. The minimum atomic E-state index is 0.270. The minimum Gasteiger partial charge on any atom is -0.381 e. The Hall–Kier alpha value is -0.590. The van der Waals surface area contributed by atoms with Gasteiger partial charge in [0.15, 0.2) is 0 Å². The standard InChI is InChI=1S/C14H24N2O/c1-11(2)14-9-16(5-3-13(14)7-15)8-12-4-6-17-10-12/h11-14H,3-6,8-10H2,1-2H3. The van der Waals surface area contributed by atoms with E-state index in [1.165, 1.54) is 13.0 Å². The van der Waals surface area contributed by atoms with Gasteiger partial charge in [0.2, 0.25) is 0 Å². The fraction of sp³-hybridized carbons (Fsp3) is 0.929. The third kappa shape index (κ3) is 3.20. The lowest BCUT2D eigenvalue weighted by atomic mass is 9.79. The molecule has 0 saturated carbocycles. The van der Waals surface area contributed by atoms with Crippen LogP contribution in [0.25, 0.3) is 0 Å². The van der Waals surface area contributed by atoms with Crippen LogP contribution in [0.3, 0.4) is 0 Å². The molecule has 2 saturated heterocycles. The van der Waals surface area contributed by atoms with Gasteiger partial charge < -0.3 is 9.64 Å². The van der Waals surface area contributed by atoms with Crippen LogP contribution in [0.4, 0.5) is 0 Å². The maximum absolute atomic E-state index is 9.19. The molecule has 2 fully saturated rings. The molecule has 2 rings (SSSR count). The fourth-order valence-electron chi connectivity index (χ4n) is 3.15. The van der Waals surface area contributed by atoms with E-state index in [1.807, 2.05) is 0 Å². The van der Waals surface area contributed by atoms with E-state index in [2.05, 4.69) is 24.8 Å². The van der Waals surface area contributed by atoms with E-state index in [0.717, 1.165) is 38.6 Å². The summed E-state index contributed by atoms with van der Waals surface area (Å²) in [5.74, 6) is 2.16. The highest BCUT2D eigenvalue weighted by Crippen LogP contribution is 2.30. The van der Waals surface area contributed by atoms with Gasteiger partial charge in [0.1, 0.15) is 0 Å². The summed E-state index contributed by atoms with van der Waals surface area (Å²) in [7, 11) is 0. The number of likely N-dealkylation sites (tertiary alicyclic amines) is 1. The Kier molecular flexibility index (Phi) is 4.42. The van der Waals surface area contributed by atoms with E-state index in [9.17, 15) is 5.26 Å². The minimum absolute atomic E-state index is 0.270. The van der Waals surface area contributed by atoms with Gasteiger partial charge in [-0.25, -0.2) is 0 Å². The van der Waals surface area contributed by atoms with E-state index in [0.29, 0.717) is 11.8 Å². The number of rotatable bonds is 3. The van der Waals surface area contributed by atoms with Gasteiger partial charge >= 0.3 is 0 Å². The first kappa shape index (κ1) is 12.9. The molecule has 96 valence electrons. The summed E-state index contributed by atoms with van der Waals surface area (Å²) in [5, 5.41) is 9.19. The van der Waals surface area contributed by atoms with Gasteiger partial charge in [0.25, 0.3) is 0 Å². The Bertz CT molecular complexity index is 278. The van der Waals surface area contributed by atoms with Crippen molar-refractivity contribution in [3.8, 4) is 6.07 Å². The number of piperidine rings is 1.